The zero-order valence-electron chi connectivity index (χ0n) is 14.4. The van der Waals surface area contributed by atoms with Gasteiger partial charge in [0.1, 0.15) is 0 Å². The number of nitrogens with one attached hydrogen (secondary N) is 1. The minimum absolute atomic E-state index is 0.0231. The molecule has 0 aromatic carbocycles. The first-order valence-electron chi connectivity index (χ1n) is 10.1. The number of hydrogen-bond donors (Lipinski definition) is 1. The van der Waals surface area contributed by atoms with Gasteiger partial charge in [-0.15, -0.1) is 0 Å². The lowest BCUT2D eigenvalue weighted by molar-refractivity contribution is -0.129. The molecule has 0 bridgehead atoms. The summed E-state index contributed by atoms with van der Waals surface area (Å²) in [6.07, 6.45) is 22.2. The summed E-state index contributed by atoms with van der Waals surface area (Å²) in [5.41, 5.74) is 0.183. The van der Waals surface area contributed by atoms with Gasteiger partial charge in [-0.1, -0.05) is 77.0 Å². The average molecular weight is 306 g/mol. The van der Waals surface area contributed by atoms with Crippen molar-refractivity contribution in [1.29, 1.82) is 0 Å². The van der Waals surface area contributed by atoms with Crippen LogP contribution in [0.25, 0.3) is 0 Å². The first-order chi connectivity index (χ1) is 10.7. The van der Waals surface area contributed by atoms with Gasteiger partial charge >= 0.3 is 0 Å². The van der Waals surface area contributed by atoms with Gasteiger partial charge in [0.25, 0.3) is 0 Å². The quantitative estimate of drug-likeness (QED) is 0.629. The molecule has 1 heterocycles. The van der Waals surface area contributed by atoms with Crippen molar-refractivity contribution in [3.63, 3.8) is 0 Å². The highest BCUT2D eigenvalue weighted by molar-refractivity contribution is 5.86. The Kier molecular flexibility index (Phi) is 5.46. The number of carbonyl (C=O) groups excluding carboxylic acids is 1. The van der Waals surface area contributed by atoms with E-state index in [0.717, 1.165) is 19.3 Å². The summed E-state index contributed by atoms with van der Waals surface area (Å²) in [7, 11) is 0. The van der Waals surface area contributed by atoms with E-state index in [1.165, 1.54) is 89.9 Å². The number of rotatable bonds is 0. The Balaban J connectivity index is 1.66. The molecule has 0 aromatic heterocycles. The van der Waals surface area contributed by atoms with Gasteiger partial charge in [0, 0.05) is 5.54 Å². The molecule has 3 aliphatic rings. The molecule has 2 saturated carbocycles. The van der Waals surface area contributed by atoms with E-state index < -0.39 is 0 Å². The average Bonchev–Trinajstić information content (AvgIpc) is 2.77. The van der Waals surface area contributed by atoms with Crippen LogP contribution >= 0.6 is 0 Å². The van der Waals surface area contributed by atoms with Crippen LogP contribution in [-0.2, 0) is 4.79 Å². The fourth-order valence-corrected chi connectivity index (χ4v) is 5.37. The Morgan fingerprint density at radius 3 is 1.55 bits per heavy atom. The fourth-order valence-electron chi connectivity index (χ4n) is 5.37. The van der Waals surface area contributed by atoms with Crippen LogP contribution in [0.5, 0.6) is 0 Å². The Labute approximate surface area is 136 Å². The summed E-state index contributed by atoms with van der Waals surface area (Å²) in [6, 6.07) is 0. The molecular formula is C20H35NO. The van der Waals surface area contributed by atoms with E-state index in [-0.39, 0.29) is 11.0 Å². The van der Waals surface area contributed by atoms with Crippen molar-refractivity contribution in [2.75, 3.05) is 0 Å². The largest absolute Gasteiger partial charge is 0.350 e. The van der Waals surface area contributed by atoms with Crippen molar-refractivity contribution in [3.8, 4) is 0 Å². The van der Waals surface area contributed by atoms with Crippen molar-refractivity contribution in [2.45, 2.75) is 115 Å². The van der Waals surface area contributed by atoms with Crippen LogP contribution in [0.1, 0.15) is 109 Å². The summed E-state index contributed by atoms with van der Waals surface area (Å²) in [4.78, 5) is 12.8. The van der Waals surface area contributed by atoms with E-state index >= 15 is 0 Å². The second-order valence-corrected chi connectivity index (χ2v) is 8.43. The summed E-state index contributed by atoms with van der Waals surface area (Å²) in [5, 5.41) is 3.54. The fraction of sp³-hybridized carbons (Fsp3) is 0.950. The molecule has 2 nitrogen and oxygen atoms in total. The topological polar surface area (TPSA) is 29.1 Å². The molecule has 22 heavy (non-hydrogen) atoms. The smallest absolute Gasteiger partial charge is 0.226 e. The Hall–Kier alpha value is -0.530. The van der Waals surface area contributed by atoms with E-state index in [4.69, 9.17) is 0 Å². The number of carbonyl (C=O) groups is 1. The molecule has 0 atom stereocenters. The maximum absolute atomic E-state index is 12.8. The lowest BCUT2D eigenvalue weighted by Gasteiger charge is -2.34. The minimum Gasteiger partial charge on any atom is -0.350 e. The molecule has 1 aliphatic heterocycles. The van der Waals surface area contributed by atoms with E-state index in [9.17, 15) is 4.79 Å². The predicted molar refractivity (Wildman–Crippen MR) is 91.8 cm³/mol. The minimum atomic E-state index is 0.0231. The normalized spacial score (nSPS) is 29.7. The van der Waals surface area contributed by atoms with Gasteiger partial charge in [0.2, 0.25) is 5.91 Å². The van der Waals surface area contributed by atoms with E-state index in [1.54, 1.807) is 0 Å². The standard InChI is InChI=1S/C20H35NO/c22-18-19(13-9-8-10-14-19)17-20(21-18)15-11-6-4-2-1-3-5-7-12-16-20/h1-17H2,(H,21,22). The van der Waals surface area contributed by atoms with Gasteiger partial charge in [-0.3, -0.25) is 4.79 Å². The van der Waals surface area contributed by atoms with Crippen LogP contribution < -0.4 is 5.32 Å². The zero-order chi connectivity index (χ0) is 15.3. The first-order valence-corrected chi connectivity index (χ1v) is 10.1. The highest BCUT2D eigenvalue weighted by Crippen LogP contribution is 2.49. The predicted octanol–water partition coefficient (Wildman–Crippen LogP) is 5.50. The van der Waals surface area contributed by atoms with E-state index in [2.05, 4.69) is 5.32 Å². The van der Waals surface area contributed by atoms with Crippen molar-refractivity contribution in [2.24, 2.45) is 5.41 Å². The third-order valence-electron chi connectivity index (χ3n) is 6.66. The van der Waals surface area contributed by atoms with Crippen LogP contribution in [0, 0.1) is 5.41 Å². The van der Waals surface area contributed by atoms with Gasteiger partial charge in [-0.05, 0) is 32.1 Å². The number of hydrogen-bond acceptors (Lipinski definition) is 1. The molecule has 126 valence electrons. The SMILES string of the molecule is O=C1NC2(CCCCCCCCCCC2)CC12CCCCC2. The van der Waals surface area contributed by atoms with Crippen molar-refractivity contribution in [3.05, 3.63) is 0 Å². The Bertz CT molecular complexity index is 358. The van der Waals surface area contributed by atoms with Gasteiger partial charge in [0.05, 0.1) is 5.41 Å². The molecule has 0 radical (unpaired) electrons. The molecule has 2 heteroatoms. The van der Waals surface area contributed by atoms with Gasteiger partial charge in [-0.2, -0.15) is 0 Å². The Morgan fingerprint density at radius 1 is 0.591 bits per heavy atom. The molecule has 2 aliphatic carbocycles. The summed E-state index contributed by atoms with van der Waals surface area (Å²) in [5.74, 6) is 0.416. The molecule has 1 saturated heterocycles. The van der Waals surface area contributed by atoms with Crippen molar-refractivity contribution >= 4 is 5.91 Å². The van der Waals surface area contributed by atoms with Crippen LogP contribution in [0.4, 0.5) is 0 Å². The summed E-state index contributed by atoms with van der Waals surface area (Å²) >= 11 is 0. The van der Waals surface area contributed by atoms with Crippen LogP contribution in [0.3, 0.4) is 0 Å². The van der Waals surface area contributed by atoms with Crippen LogP contribution in [-0.4, -0.2) is 11.4 Å². The second-order valence-electron chi connectivity index (χ2n) is 8.43. The maximum atomic E-state index is 12.8. The van der Waals surface area contributed by atoms with E-state index in [0.29, 0.717) is 5.91 Å². The third-order valence-corrected chi connectivity index (χ3v) is 6.66. The van der Waals surface area contributed by atoms with Crippen molar-refractivity contribution < 1.29 is 4.79 Å². The van der Waals surface area contributed by atoms with E-state index in [1.807, 2.05) is 0 Å². The molecular weight excluding hydrogens is 270 g/mol. The maximum Gasteiger partial charge on any atom is 0.226 e. The highest BCUT2D eigenvalue weighted by atomic mass is 16.2. The van der Waals surface area contributed by atoms with Crippen LogP contribution in [0.15, 0.2) is 0 Å². The molecule has 2 spiro atoms. The van der Waals surface area contributed by atoms with Gasteiger partial charge in [0.15, 0.2) is 0 Å². The monoisotopic (exact) mass is 305 g/mol. The molecule has 1 amide bonds. The molecule has 3 rings (SSSR count). The summed E-state index contributed by atoms with van der Waals surface area (Å²) < 4.78 is 0. The Morgan fingerprint density at radius 2 is 1.00 bits per heavy atom. The van der Waals surface area contributed by atoms with Crippen LogP contribution in [0.2, 0.25) is 0 Å². The molecule has 1 N–H and O–H groups in total. The first kappa shape index (κ1) is 16.3. The lowest BCUT2D eigenvalue weighted by atomic mass is 9.68. The van der Waals surface area contributed by atoms with Crippen molar-refractivity contribution in [1.82, 2.24) is 5.32 Å². The second kappa shape index (κ2) is 7.36. The number of amides is 1. The molecule has 0 unspecified atom stereocenters. The van der Waals surface area contributed by atoms with Gasteiger partial charge in [-0.25, -0.2) is 0 Å². The highest BCUT2D eigenvalue weighted by Gasteiger charge is 2.53. The summed E-state index contributed by atoms with van der Waals surface area (Å²) in [6.45, 7) is 0. The molecule has 0 aromatic rings. The molecule has 3 fully saturated rings. The zero-order valence-corrected chi connectivity index (χ0v) is 14.4. The van der Waals surface area contributed by atoms with Gasteiger partial charge < -0.3 is 5.32 Å². The third kappa shape index (κ3) is 3.68. The lowest BCUT2D eigenvalue weighted by Crippen LogP contribution is -2.41.